The molecule has 3 aliphatic carbocycles. The normalized spacial score (nSPS) is 27.4. The maximum Gasteiger partial charge on any atom is 0.303 e. The van der Waals surface area contributed by atoms with E-state index in [1.165, 1.54) is 38.9 Å². The van der Waals surface area contributed by atoms with Crippen LogP contribution in [0.3, 0.4) is 0 Å². The number of likely N-dealkylation sites (tertiary alicyclic amines) is 1. The van der Waals surface area contributed by atoms with Crippen molar-refractivity contribution in [3.05, 3.63) is 63.9 Å². The van der Waals surface area contributed by atoms with Gasteiger partial charge in [-0.25, -0.2) is 4.72 Å². The summed E-state index contributed by atoms with van der Waals surface area (Å²) >= 11 is 0. The second-order valence-electron chi connectivity index (χ2n) is 14.4. The van der Waals surface area contributed by atoms with E-state index in [1.807, 2.05) is 0 Å². The van der Waals surface area contributed by atoms with Gasteiger partial charge in [-0.3, -0.25) is 9.59 Å². The second-order valence-corrected chi connectivity index (χ2v) is 16.3. The molecule has 2 unspecified atom stereocenters. The Hall–Kier alpha value is -3.41. The van der Waals surface area contributed by atoms with E-state index in [1.54, 1.807) is 7.11 Å². The highest BCUT2D eigenvalue weighted by Crippen LogP contribution is 2.55. The third-order valence-electron chi connectivity index (χ3n) is 11.6. The molecule has 1 aromatic heterocycles. The number of rotatable bonds is 6. The number of ether oxygens (including phenoxy) is 1. The van der Waals surface area contributed by atoms with E-state index >= 15 is 0 Å². The number of carbonyl (C=O) groups excluding carboxylic acids is 2. The van der Waals surface area contributed by atoms with Crippen molar-refractivity contribution in [3.63, 3.8) is 0 Å². The molecule has 6 aliphatic rings. The van der Waals surface area contributed by atoms with Gasteiger partial charge in [0.1, 0.15) is 5.75 Å². The molecular weight excluding hydrogens is 614 g/mol. The van der Waals surface area contributed by atoms with Crippen LogP contribution in [-0.2, 0) is 26.3 Å². The molecule has 4 atom stereocenters. The van der Waals surface area contributed by atoms with Gasteiger partial charge in [-0.15, -0.1) is 0 Å². The lowest BCUT2D eigenvalue weighted by Gasteiger charge is -2.33. The van der Waals surface area contributed by atoms with Crippen molar-refractivity contribution in [1.82, 2.24) is 23.8 Å². The average Bonchev–Trinajstić information content (AvgIpc) is 3.46. The van der Waals surface area contributed by atoms with E-state index in [4.69, 9.17) is 4.74 Å². The molecule has 4 heterocycles. The summed E-state index contributed by atoms with van der Waals surface area (Å²) in [5.74, 6) is 0.656. The Kier molecular flexibility index (Phi) is 7.64. The number of piperidine rings is 1. The minimum Gasteiger partial charge on any atom is -0.496 e. The average molecular weight is 660 g/mol. The Morgan fingerprint density at radius 1 is 1.06 bits per heavy atom. The van der Waals surface area contributed by atoms with Gasteiger partial charge in [0.2, 0.25) is 5.91 Å². The lowest BCUT2D eigenvalue weighted by Crippen LogP contribution is -2.42. The van der Waals surface area contributed by atoms with Crippen LogP contribution in [0.1, 0.15) is 74.5 Å². The van der Waals surface area contributed by atoms with Gasteiger partial charge in [-0.1, -0.05) is 37.5 Å². The molecule has 0 bridgehead atoms. The molecular formula is C36H45N5O5S. The van der Waals surface area contributed by atoms with E-state index in [-0.39, 0.29) is 17.7 Å². The van der Waals surface area contributed by atoms with Gasteiger partial charge in [0, 0.05) is 56.8 Å². The summed E-state index contributed by atoms with van der Waals surface area (Å²) in [7, 11) is 0.531. The van der Waals surface area contributed by atoms with E-state index in [9.17, 15) is 18.0 Å². The minimum atomic E-state index is -3.98. The zero-order valence-electron chi connectivity index (χ0n) is 27.5. The molecule has 250 valence electrons. The standard InChI is InChI=1S/C36H45N5O5S/c1-39(2)47(44,45)38-35(42)33-27-19-41-29(17-26-30(46-3)15-14-23(34(26)41)21-9-5-4-6-10-21)31-24(32(27)33)12-7-13-25(31)36(43)40-18-22-11-8-16-37-28(22)20-40/h7,12,14-15,17,21-22,25,28,31,37H,4-6,8-11,13,16,18-20H2,1-3H3,(H,38,42)/t22?,25-,28?,31-/m1/s1. The Bertz CT molecular complexity index is 1850. The molecule has 11 heteroatoms. The number of hydrogen-bond acceptors (Lipinski definition) is 6. The number of benzene rings is 1. The van der Waals surface area contributed by atoms with Gasteiger partial charge in [-0.05, 0) is 84.9 Å². The monoisotopic (exact) mass is 659 g/mol. The Labute approximate surface area is 277 Å². The molecule has 10 nitrogen and oxygen atoms in total. The lowest BCUT2D eigenvalue weighted by atomic mass is 9.76. The number of nitrogens with one attached hydrogen (secondary N) is 2. The maximum absolute atomic E-state index is 14.6. The minimum absolute atomic E-state index is 0.162. The zero-order valence-corrected chi connectivity index (χ0v) is 28.4. The van der Waals surface area contributed by atoms with Crippen molar-refractivity contribution < 1.29 is 22.7 Å². The number of amides is 2. The van der Waals surface area contributed by atoms with Crippen LogP contribution in [0, 0.1) is 11.8 Å². The number of carbonyl (C=O) groups is 2. The molecule has 8 rings (SSSR count). The molecule has 0 spiro atoms. The predicted octanol–water partition coefficient (Wildman–Crippen LogP) is 4.11. The largest absolute Gasteiger partial charge is 0.496 e. The van der Waals surface area contributed by atoms with Gasteiger partial charge in [0.05, 0.1) is 24.1 Å². The molecule has 1 aromatic carbocycles. The second kappa shape index (κ2) is 11.6. The van der Waals surface area contributed by atoms with Crippen LogP contribution in [0.2, 0.25) is 0 Å². The van der Waals surface area contributed by atoms with Crippen LogP contribution >= 0.6 is 0 Å². The van der Waals surface area contributed by atoms with Gasteiger partial charge in [0.25, 0.3) is 5.91 Å². The highest BCUT2D eigenvalue weighted by atomic mass is 32.2. The highest BCUT2D eigenvalue weighted by Gasteiger charge is 2.49. The molecule has 2 aromatic rings. The van der Waals surface area contributed by atoms with E-state index in [2.05, 4.69) is 49.9 Å². The fourth-order valence-corrected chi connectivity index (χ4v) is 9.75. The van der Waals surface area contributed by atoms with Gasteiger partial charge in [0.15, 0.2) is 0 Å². The van der Waals surface area contributed by atoms with Crippen molar-refractivity contribution >= 4 is 32.9 Å². The Balaban J connectivity index is 1.28. The summed E-state index contributed by atoms with van der Waals surface area (Å²) in [6, 6.07) is 6.87. The van der Waals surface area contributed by atoms with Crippen LogP contribution in [0.25, 0.3) is 10.9 Å². The number of aromatic nitrogens is 1. The Morgan fingerprint density at radius 3 is 2.62 bits per heavy atom. The summed E-state index contributed by atoms with van der Waals surface area (Å²) < 4.78 is 37.0. The number of hydrogen-bond donors (Lipinski definition) is 2. The number of methoxy groups -OCH3 is 1. The van der Waals surface area contributed by atoms with E-state index < -0.39 is 16.1 Å². The topological polar surface area (TPSA) is 113 Å². The molecule has 47 heavy (non-hydrogen) atoms. The third kappa shape index (κ3) is 5.07. The van der Waals surface area contributed by atoms with Crippen molar-refractivity contribution in [2.75, 3.05) is 40.8 Å². The summed E-state index contributed by atoms with van der Waals surface area (Å²) in [6.45, 7) is 2.95. The first kappa shape index (κ1) is 30.9. The van der Waals surface area contributed by atoms with Crippen molar-refractivity contribution in [2.24, 2.45) is 11.8 Å². The fourth-order valence-electron chi connectivity index (χ4n) is 9.23. The summed E-state index contributed by atoms with van der Waals surface area (Å²) in [5.41, 5.74) is 6.50. The van der Waals surface area contributed by atoms with Gasteiger partial charge in [-0.2, -0.15) is 12.7 Å². The van der Waals surface area contributed by atoms with Crippen LogP contribution in [-0.4, -0.2) is 80.9 Å². The van der Waals surface area contributed by atoms with E-state index in [0.29, 0.717) is 36.4 Å². The maximum atomic E-state index is 14.6. The Morgan fingerprint density at radius 2 is 1.87 bits per heavy atom. The van der Waals surface area contributed by atoms with E-state index in [0.717, 1.165) is 88.7 Å². The summed E-state index contributed by atoms with van der Waals surface area (Å²) in [5, 5.41) is 4.67. The molecule has 3 fully saturated rings. The first-order chi connectivity index (χ1) is 22.7. The summed E-state index contributed by atoms with van der Waals surface area (Å²) in [6.07, 6.45) is 13.0. The molecule has 3 aliphatic heterocycles. The molecule has 0 radical (unpaired) electrons. The van der Waals surface area contributed by atoms with Gasteiger partial charge >= 0.3 is 10.2 Å². The third-order valence-corrected chi connectivity index (χ3v) is 13.0. The number of allylic oxidation sites excluding steroid dienone is 4. The molecule has 2 N–H and O–H groups in total. The summed E-state index contributed by atoms with van der Waals surface area (Å²) in [4.78, 5) is 30.3. The van der Waals surface area contributed by atoms with Crippen LogP contribution in [0.15, 0.2) is 52.6 Å². The van der Waals surface area contributed by atoms with Crippen LogP contribution in [0.4, 0.5) is 0 Å². The molecule has 2 amide bonds. The fraction of sp³-hybridized carbons (Fsp3) is 0.556. The molecule has 2 saturated heterocycles. The van der Waals surface area contributed by atoms with Crippen molar-refractivity contribution in [3.8, 4) is 5.75 Å². The van der Waals surface area contributed by atoms with Crippen molar-refractivity contribution in [2.45, 2.75) is 75.8 Å². The van der Waals surface area contributed by atoms with Gasteiger partial charge < -0.3 is 19.5 Å². The number of fused-ring (bicyclic) bond motifs is 7. The first-order valence-electron chi connectivity index (χ1n) is 17.3. The molecule has 1 saturated carbocycles. The van der Waals surface area contributed by atoms with Crippen LogP contribution < -0.4 is 14.8 Å². The van der Waals surface area contributed by atoms with Crippen LogP contribution in [0.5, 0.6) is 5.75 Å². The van der Waals surface area contributed by atoms with Crippen molar-refractivity contribution in [1.29, 1.82) is 0 Å². The quantitative estimate of drug-likeness (QED) is 0.483. The first-order valence-corrected chi connectivity index (χ1v) is 18.7. The number of nitrogens with zero attached hydrogens (tertiary/aromatic N) is 3. The smallest absolute Gasteiger partial charge is 0.303 e. The SMILES string of the molecule is COc1ccc(C2CCCCC2)c2c1cc1n2CC2=C(C(=O)NS(=O)(=O)N(C)C)C2=C2C=CC[C@@H](C(=O)N3CC4CCCNC4C3)[C@@H]21. The highest BCUT2D eigenvalue weighted by molar-refractivity contribution is 7.87. The zero-order chi connectivity index (χ0) is 32.6. The lowest BCUT2D eigenvalue weighted by molar-refractivity contribution is -0.135. The predicted molar refractivity (Wildman–Crippen MR) is 180 cm³/mol.